The molecule has 3 rings (SSSR count). The maximum atomic E-state index is 13.5. The van der Waals surface area contributed by atoms with E-state index in [-0.39, 0.29) is 5.82 Å². The predicted octanol–water partition coefficient (Wildman–Crippen LogP) is 2.23. The van der Waals surface area contributed by atoms with E-state index < -0.39 is 0 Å². The Kier molecular flexibility index (Phi) is 6.18. The first-order valence-electron chi connectivity index (χ1n) is 8.79. The zero-order valence-electron chi connectivity index (χ0n) is 15.1. The summed E-state index contributed by atoms with van der Waals surface area (Å²) in [4.78, 5) is 8.94. The minimum Gasteiger partial charge on any atom is -0.380 e. The third-order valence-corrected chi connectivity index (χ3v) is 4.47. The van der Waals surface area contributed by atoms with Gasteiger partial charge in [-0.2, -0.15) is 0 Å². The number of imidazole rings is 1. The highest BCUT2D eigenvalue weighted by Gasteiger charge is 2.22. The fraction of sp³-hybridized carbons (Fsp3) is 0.526. The molecule has 1 aromatic heterocycles. The number of hydrogen-bond donors (Lipinski definition) is 0. The lowest BCUT2D eigenvalue weighted by Crippen LogP contribution is -2.30. The standard InChI is InChI=1S/C19H27FN4O/c1-22(2)8-9-25-15-17-12-23(11-16-4-3-5-18(20)10-16)14-19-21-6-7-24(19)13-17/h3-7,10,17H,8-9,11-15H2,1-2H3/t17-/m1/s1. The summed E-state index contributed by atoms with van der Waals surface area (Å²) in [6.07, 6.45) is 3.89. The summed E-state index contributed by atoms with van der Waals surface area (Å²) in [5.74, 6) is 1.27. The lowest BCUT2D eigenvalue weighted by Gasteiger charge is -2.24. The van der Waals surface area contributed by atoms with Crippen molar-refractivity contribution in [2.24, 2.45) is 5.92 Å². The van der Waals surface area contributed by atoms with Crippen LogP contribution in [0.15, 0.2) is 36.7 Å². The van der Waals surface area contributed by atoms with Crippen molar-refractivity contribution in [2.75, 3.05) is 40.4 Å². The van der Waals surface area contributed by atoms with Crippen molar-refractivity contribution >= 4 is 0 Å². The highest BCUT2D eigenvalue weighted by molar-refractivity contribution is 5.16. The lowest BCUT2D eigenvalue weighted by atomic mass is 10.1. The second kappa shape index (κ2) is 8.56. The molecule has 0 radical (unpaired) electrons. The van der Waals surface area contributed by atoms with Crippen LogP contribution in [0.2, 0.25) is 0 Å². The van der Waals surface area contributed by atoms with Crippen LogP contribution >= 0.6 is 0 Å². The molecule has 6 heteroatoms. The summed E-state index contributed by atoms with van der Waals surface area (Å²) in [5, 5.41) is 0. The summed E-state index contributed by atoms with van der Waals surface area (Å²) in [6, 6.07) is 6.84. The number of nitrogens with zero attached hydrogens (tertiary/aromatic N) is 4. The molecule has 0 saturated heterocycles. The molecule has 2 aromatic rings. The zero-order chi connectivity index (χ0) is 17.6. The molecule has 0 spiro atoms. The van der Waals surface area contributed by atoms with Crippen LogP contribution in [-0.4, -0.2) is 59.7 Å². The van der Waals surface area contributed by atoms with Crippen LogP contribution in [0, 0.1) is 11.7 Å². The Hall–Kier alpha value is -1.76. The molecule has 0 N–H and O–H groups in total. The van der Waals surface area contributed by atoms with Crippen molar-refractivity contribution in [1.82, 2.24) is 19.4 Å². The first-order valence-corrected chi connectivity index (χ1v) is 8.79. The summed E-state index contributed by atoms with van der Waals surface area (Å²) in [6.45, 7) is 5.72. The molecule has 0 bridgehead atoms. The van der Waals surface area contributed by atoms with Crippen molar-refractivity contribution in [3.8, 4) is 0 Å². The Balaban J connectivity index is 1.64. The smallest absolute Gasteiger partial charge is 0.123 e. The van der Waals surface area contributed by atoms with E-state index in [0.29, 0.717) is 5.92 Å². The lowest BCUT2D eigenvalue weighted by molar-refractivity contribution is 0.0681. The molecule has 1 aromatic carbocycles. The van der Waals surface area contributed by atoms with Crippen LogP contribution in [0.3, 0.4) is 0 Å². The Morgan fingerprint density at radius 2 is 2.20 bits per heavy atom. The van der Waals surface area contributed by atoms with E-state index >= 15 is 0 Å². The summed E-state index contributed by atoms with van der Waals surface area (Å²) in [5.41, 5.74) is 0.993. The Bertz CT molecular complexity index is 673. The van der Waals surface area contributed by atoms with Gasteiger partial charge in [0.1, 0.15) is 11.6 Å². The van der Waals surface area contributed by atoms with Crippen molar-refractivity contribution in [2.45, 2.75) is 19.6 Å². The molecule has 0 saturated carbocycles. The van der Waals surface area contributed by atoms with E-state index in [1.165, 1.54) is 6.07 Å². The Morgan fingerprint density at radius 3 is 3.00 bits per heavy atom. The van der Waals surface area contributed by atoms with Crippen LogP contribution in [0.25, 0.3) is 0 Å². The van der Waals surface area contributed by atoms with Gasteiger partial charge in [-0.1, -0.05) is 12.1 Å². The van der Waals surface area contributed by atoms with E-state index in [4.69, 9.17) is 4.74 Å². The number of ether oxygens (including phenoxy) is 1. The quantitative estimate of drug-likeness (QED) is 0.720. The van der Waals surface area contributed by atoms with Gasteiger partial charge in [0.05, 0.1) is 19.8 Å². The summed E-state index contributed by atoms with van der Waals surface area (Å²) in [7, 11) is 4.10. The Morgan fingerprint density at radius 1 is 1.32 bits per heavy atom. The number of rotatable bonds is 7. The summed E-state index contributed by atoms with van der Waals surface area (Å²) < 4.78 is 21.6. The average molecular weight is 346 g/mol. The van der Waals surface area contributed by atoms with Crippen LogP contribution in [0.1, 0.15) is 11.4 Å². The first kappa shape index (κ1) is 18.0. The molecule has 1 atom stereocenters. The van der Waals surface area contributed by atoms with Crippen molar-refractivity contribution < 1.29 is 9.13 Å². The fourth-order valence-electron chi connectivity index (χ4n) is 3.24. The zero-order valence-corrected chi connectivity index (χ0v) is 15.1. The maximum Gasteiger partial charge on any atom is 0.123 e. The molecule has 5 nitrogen and oxygen atoms in total. The van der Waals surface area contributed by atoms with Crippen LogP contribution in [0.4, 0.5) is 4.39 Å². The number of halogens is 1. The molecular weight excluding hydrogens is 319 g/mol. The van der Waals surface area contributed by atoms with Crippen molar-refractivity contribution in [1.29, 1.82) is 0 Å². The van der Waals surface area contributed by atoms with Gasteiger partial charge in [-0.05, 0) is 31.8 Å². The average Bonchev–Trinajstić information content (AvgIpc) is 2.91. The number of aromatic nitrogens is 2. The number of likely N-dealkylation sites (N-methyl/N-ethyl adjacent to an activating group) is 1. The minimum absolute atomic E-state index is 0.183. The second-order valence-corrected chi connectivity index (χ2v) is 7.04. The molecule has 136 valence electrons. The molecule has 0 unspecified atom stereocenters. The first-order chi connectivity index (χ1) is 12.1. The summed E-state index contributed by atoms with van der Waals surface area (Å²) >= 11 is 0. The molecule has 2 heterocycles. The molecule has 1 aliphatic heterocycles. The molecule has 0 fully saturated rings. The van der Waals surface area contributed by atoms with Gasteiger partial charge in [0, 0.05) is 44.5 Å². The third kappa shape index (κ3) is 5.36. The molecule has 0 amide bonds. The van der Waals surface area contributed by atoms with E-state index in [2.05, 4.69) is 19.4 Å². The molecular formula is C19H27FN4O. The van der Waals surface area contributed by atoms with Gasteiger partial charge in [-0.15, -0.1) is 0 Å². The van der Waals surface area contributed by atoms with Gasteiger partial charge in [0.2, 0.25) is 0 Å². The molecule has 25 heavy (non-hydrogen) atoms. The van der Waals surface area contributed by atoms with Gasteiger partial charge in [0.25, 0.3) is 0 Å². The predicted molar refractivity (Wildman–Crippen MR) is 95.6 cm³/mol. The number of benzene rings is 1. The molecule has 0 aliphatic carbocycles. The highest BCUT2D eigenvalue weighted by Crippen LogP contribution is 2.18. The van der Waals surface area contributed by atoms with Gasteiger partial charge in [-0.3, -0.25) is 4.90 Å². The van der Waals surface area contributed by atoms with E-state index in [9.17, 15) is 4.39 Å². The van der Waals surface area contributed by atoms with E-state index in [1.807, 2.05) is 32.6 Å². The van der Waals surface area contributed by atoms with Gasteiger partial charge >= 0.3 is 0 Å². The highest BCUT2D eigenvalue weighted by atomic mass is 19.1. The van der Waals surface area contributed by atoms with Crippen molar-refractivity contribution in [3.63, 3.8) is 0 Å². The van der Waals surface area contributed by atoms with E-state index in [0.717, 1.165) is 57.3 Å². The normalized spacial score (nSPS) is 18.3. The maximum absolute atomic E-state index is 13.5. The Labute approximate surface area is 149 Å². The SMILES string of the molecule is CN(C)CCOC[C@@H]1CN(Cc2cccc(F)c2)Cc2nccn2C1. The number of hydrogen-bond acceptors (Lipinski definition) is 4. The number of fused-ring (bicyclic) bond motifs is 1. The second-order valence-electron chi connectivity index (χ2n) is 7.04. The largest absolute Gasteiger partial charge is 0.380 e. The monoisotopic (exact) mass is 346 g/mol. The van der Waals surface area contributed by atoms with Crippen LogP contribution in [0.5, 0.6) is 0 Å². The van der Waals surface area contributed by atoms with Crippen molar-refractivity contribution in [3.05, 3.63) is 53.9 Å². The van der Waals surface area contributed by atoms with Crippen LogP contribution in [-0.2, 0) is 24.4 Å². The fourth-order valence-corrected chi connectivity index (χ4v) is 3.24. The van der Waals surface area contributed by atoms with E-state index in [1.54, 1.807) is 12.1 Å². The van der Waals surface area contributed by atoms with Gasteiger partial charge < -0.3 is 14.2 Å². The third-order valence-electron chi connectivity index (χ3n) is 4.47. The molecule has 1 aliphatic rings. The van der Waals surface area contributed by atoms with Gasteiger partial charge in [-0.25, -0.2) is 9.37 Å². The van der Waals surface area contributed by atoms with Gasteiger partial charge in [0.15, 0.2) is 0 Å². The topological polar surface area (TPSA) is 33.5 Å². The minimum atomic E-state index is -0.183. The van der Waals surface area contributed by atoms with Crippen LogP contribution < -0.4 is 0 Å².